The van der Waals surface area contributed by atoms with Gasteiger partial charge in [-0.1, -0.05) is 6.58 Å². The van der Waals surface area contributed by atoms with Gasteiger partial charge in [0.15, 0.2) is 0 Å². The molecule has 2 nitrogen and oxygen atoms in total. The Balaban J connectivity index is 5.51. The van der Waals surface area contributed by atoms with Gasteiger partial charge >= 0.3 is 23.7 Å². The molecule has 0 N–H and O–H groups in total. The van der Waals surface area contributed by atoms with Crippen molar-refractivity contribution in [1.29, 1.82) is 0 Å². The number of alkyl halides is 8. The fourth-order valence-corrected chi connectivity index (χ4v) is 1.27. The first-order chi connectivity index (χ1) is 9.12. The molecule has 0 heterocycles. The summed E-state index contributed by atoms with van der Waals surface area (Å²) >= 11 is 0. The lowest BCUT2D eigenvalue weighted by atomic mass is 9.94. The molecule has 0 radical (unpaired) electrons. The second kappa shape index (κ2) is 5.72. The highest BCUT2D eigenvalue weighted by Gasteiger charge is 2.79. The van der Waals surface area contributed by atoms with Crippen molar-refractivity contribution in [3.63, 3.8) is 0 Å². The Bertz CT molecular complexity index is 442. The zero-order valence-electron chi connectivity index (χ0n) is 10.5. The zero-order valence-corrected chi connectivity index (χ0v) is 10.5. The maximum absolute atomic E-state index is 13.1. The molecule has 0 aliphatic carbocycles. The van der Waals surface area contributed by atoms with E-state index in [-0.39, 0.29) is 0 Å². The predicted molar refractivity (Wildman–Crippen MR) is 54.9 cm³/mol. The molecule has 0 saturated carbocycles. The molecule has 0 rings (SSSR count). The number of hydrogen-bond donors (Lipinski definition) is 0. The number of carbonyl (C=O) groups excluding carboxylic acids is 2. The summed E-state index contributed by atoms with van der Waals surface area (Å²) in [5.74, 6) is -27.1. The van der Waals surface area contributed by atoms with Gasteiger partial charge in [-0.2, -0.15) is 35.1 Å². The first-order valence-corrected chi connectivity index (χ1v) is 5.28. The molecule has 0 amide bonds. The lowest BCUT2D eigenvalue weighted by molar-refractivity contribution is -0.354. The monoisotopic (exact) mass is 326 g/mol. The Morgan fingerprint density at radius 3 is 1.71 bits per heavy atom. The summed E-state index contributed by atoms with van der Waals surface area (Å²) in [7, 11) is 0. The molecule has 0 unspecified atom stereocenters. The number of hydrogen-bond acceptors (Lipinski definition) is 2. The predicted octanol–water partition coefficient (Wildman–Crippen LogP) is 3.65. The van der Waals surface area contributed by atoms with E-state index in [9.17, 15) is 44.7 Å². The number of ketones is 2. The SMILES string of the molecule is C=CC(F)(F)C(F)(F)C(F)(F)C(F)(F)CC(=O)CC(C)=O. The summed E-state index contributed by atoms with van der Waals surface area (Å²) in [6.45, 7) is 2.95. The highest BCUT2D eigenvalue weighted by atomic mass is 19.4. The van der Waals surface area contributed by atoms with E-state index in [4.69, 9.17) is 0 Å². The van der Waals surface area contributed by atoms with Crippen molar-refractivity contribution in [2.45, 2.75) is 43.5 Å². The van der Waals surface area contributed by atoms with Crippen LogP contribution < -0.4 is 0 Å². The number of carbonyl (C=O) groups is 2. The first-order valence-electron chi connectivity index (χ1n) is 5.28. The van der Waals surface area contributed by atoms with Crippen LogP contribution in [-0.4, -0.2) is 35.3 Å². The van der Waals surface area contributed by atoms with Crippen molar-refractivity contribution < 1.29 is 44.7 Å². The first kappa shape index (κ1) is 19.5. The van der Waals surface area contributed by atoms with Crippen LogP contribution in [-0.2, 0) is 9.59 Å². The molecule has 0 fully saturated rings. The maximum Gasteiger partial charge on any atom is 0.381 e. The molecule has 0 aliphatic heterocycles. The van der Waals surface area contributed by atoms with Gasteiger partial charge in [-0.25, -0.2) is 0 Å². The molecular weight excluding hydrogens is 316 g/mol. The minimum absolute atomic E-state index is 0.772. The van der Waals surface area contributed by atoms with Crippen LogP contribution >= 0.6 is 0 Å². The third-order valence-corrected chi connectivity index (χ3v) is 2.39. The summed E-state index contributed by atoms with van der Waals surface area (Å²) in [5.41, 5.74) is 0. The Hall–Kier alpha value is -1.48. The Labute approximate surface area is 113 Å². The van der Waals surface area contributed by atoms with Crippen LogP contribution in [0.3, 0.4) is 0 Å². The van der Waals surface area contributed by atoms with E-state index in [1.807, 2.05) is 0 Å². The lowest BCUT2D eigenvalue weighted by Gasteiger charge is -2.35. The van der Waals surface area contributed by atoms with Crippen molar-refractivity contribution in [2.75, 3.05) is 0 Å². The quantitative estimate of drug-likeness (QED) is 0.388. The van der Waals surface area contributed by atoms with Gasteiger partial charge in [-0.3, -0.25) is 9.59 Å². The van der Waals surface area contributed by atoms with Crippen LogP contribution in [0.2, 0.25) is 0 Å². The maximum atomic E-state index is 13.1. The fraction of sp³-hybridized carbons (Fsp3) is 0.636. The second-order valence-electron chi connectivity index (χ2n) is 4.27. The van der Waals surface area contributed by atoms with E-state index in [2.05, 4.69) is 6.58 Å². The van der Waals surface area contributed by atoms with Crippen LogP contribution in [0.15, 0.2) is 12.7 Å². The summed E-state index contributed by atoms with van der Waals surface area (Å²) in [4.78, 5) is 21.3. The molecule has 10 heteroatoms. The number of allylic oxidation sites excluding steroid dienone is 1. The normalized spacial score (nSPS) is 14.0. The van der Waals surface area contributed by atoms with Gasteiger partial charge in [-0.05, 0) is 13.0 Å². The Kier molecular flexibility index (Phi) is 5.32. The average molecular weight is 326 g/mol. The van der Waals surface area contributed by atoms with E-state index in [0.29, 0.717) is 0 Å². The van der Waals surface area contributed by atoms with Crippen molar-refractivity contribution >= 4 is 11.6 Å². The van der Waals surface area contributed by atoms with Gasteiger partial charge < -0.3 is 0 Å². The van der Waals surface area contributed by atoms with Gasteiger partial charge in [0.1, 0.15) is 11.6 Å². The zero-order chi connectivity index (χ0) is 17.3. The van der Waals surface area contributed by atoms with E-state index in [1.165, 1.54) is 0 Å². The summed E-state index contributed by atoms with van der Waals surface area (Å²) in [5, 5.41) is 0. The van der Waals surface area contributed by atoms with Gasteiger partial charge in [-0.15, -0.1) is 0 Å². The molecule has 21 heavy (non-hydrogen) atoms. The largest absolute Gasteiger partial charge is 0.381 e. The minimum Gasteiger partial charge on any atom is -0.300 e. The molecule has 0 aromatic carbocycles. The summed E-state index contributed by atoms with van der Waals surface area (Å²) in [6, 6.07) is 0. The fourth-order valence-electron chi connectivity index (χ4n) is 1.27. The van der Waals surface area contributed by atoms with Crippen LogP contribution in [0, 0.1) is 0 Å². The third kappa shape index (κ3) is 3.59. The Morgan fingerprint density at radius 1 is 0.952 bits per heavy atom. The molecule has 0 atom stereocenters. The molecule has 0 spiro atoms. The third-order valence-electron chi connectivity index (χ3n) is 2.39. The number of halogens is 8. The van der Waals surface area contributed by atoms with E-state index < -0.39 is 54.2 Å². The van der Waals surface area contributed by atoms with Crippen LogP contribution in [0.1, 0.15) is 19.8 Å². The van der Waals surface area contributed by atoms with E-state index in [0.717, 1.165) is 6.92 Å². The van der Waals surface area contributed by atoms with Crippen molar-refractivity contribution in [1.82, 2.24) is 0 Å². The van der Waals surface area contributed by atoms with Gasteiger partial charge in [0, 0.05) is 0 Å². The minimum atomic E-state index is -6.52. The molecular formula is C11H10F8O2. The molecule has 0 saturated heterocycles. The van der Waals surface area contributed by atoms with Crippen LogP contribution in [0.5, 0.6) is 0 Å². The summed E-state index contributed by atoms with van der Waals surface area (Å²) in [6.07, 6.45) is -4.56. The van der Waals surface area contributed by atoms with Crippen molar-refractivity contribution in [3.8, 4) is 0 Å². The topological polar surface area (TPSA) is 34.1 Å². The lowest BCUT2D eigenvalue weighted by Crippen LogP contribution is -2.62. The molecule has 0 aromatic rings. The second-order valence-corrected chi connectivity index (χ2v) is 4.27. The van der Waals surface area contributed by atoms with Gasteiger partial charge in [0.05, 0.1) is 12.8 Å². The number of rotatable bonds is 8. The molecule has 0 aromatic heterocycles. The smallest absolute Gasteiger partial charge is 0.300 e. The molecule has 0 bridgehead atoms. The standard InChI is InChI=1S/C11H10F8O2/c1-3-8(12,13)10(16,17)11(18,19)9(14,15)5-7(21)4-6(2)20/h3H,1,4-5H2,2H3. The van der Waals surface area contributed by atoms with Gasteiger partial charge in [0.25, 0.3) is 0 Å². The highest BCUT2D eigenvalue weighted by molar-refractivity contribution is 5.98. The van der Waals surface area contributed by atoms with Crippen LogP contribution in [0.4, 0.5) is 35.1 Å². The Morgan fingerprint density at radius 2 is 1.38 bits per heavy atom. The average Bonchev–Trinajstić information content (AvgIpc) is 2.25. The van der Waals surface area contributed by atoms with Gasteiger partial charge in [0.2, 0.25) is 0 Å². The molecule has 122 valence electrons. The van der Waals surface area contributed by atoms with Crippen molar-refractivity contribution in [2.24, 2.45) is 0 Å². The van der Waals surface area contributed by atoms with Crippen molar-refractivity contribution in [3.05, 3.63) is 12.7 Å². The van der Waals surface area contributed by atoms with Crippen LogP contribution in [0.25, 0.3) is 0 Å². The summed E-state index contributed by atoms with van der Waals surface area (Å²) < 4.78 is 104. The van der Waals surface area contributed by atoms with E-state index in [1.54, 1.807) is 0 Å². The molecule has 0 aliphatic rings. The highest BCUT2D eigenvalue weighted by Crippen LogP contribution is 2.53. The number of Topliss-reactive ketones (excluding diaryl/α,β-unsaturated/α-hetero) is 2. The van der Waals surface area contributed by atoms with E-state index >= 15 is 0 Å².